The molecule has 0 atom stereocenters. The highest BCUT2D eigenvalue weighted by Crippen LogP contribution is 2.32. The molecule has 23 heavy (non-hydrogen) atoms. The van der Waals surface area contributed by atoms with E-state index in [0.717, 1.165) is 12.8 Å². The highest BCUT2D eigenvalue weighted by molar-refractivity contribution is 7.10. The highest BCUT2D eigenvalue weighted by atomic mass is 32.1. The number of nitro benzene ring substituents is 1. The van der Waals surface area contributed by atoms with Gasteiger partial charge < -0.3 is 4.90 Å². The number of thiophene rings is 1. The monoisotopic (exact) mass is 330 g/mol. The van der Waals surface area contributed by atoms with Gasteiger partial charge in [-0.25, -0.2) is 0 Å². The van der Waals surface area contributed by atoms with Crippen molar-refractivity contribution in [3.63, 3.8) is 0 Å². The van der Waals surface area contributed by atoms with Crippen LogP contribution in [-0.2, 0) is 0 Å². The third-order valence-corrected chi connectivity index (χ3v) is 5.49. The van der Waals surface area contributed by atoms with E-state index in [0.29, 0.717) is 30.1 Å². The first kappa shape index (κ1) is 15.7. The average molecular weight is 330 g/mol. The molecule has 1 aliphatic rings. The quantitative estimate of drug-likeness (QED) is 0.631. The average Bonchev–Trinajstić information content (AvgIpc) is 3.09. The molecule has 1 amide bonds. The van der Waals surface area contributed by atoms with E-state index in [1.807, 2.05) is 4.90 Å². The molecule has 2 heterocycles. The minimum absolute atomic E-state index is 0.00400. The normalized spacial score (nSPS) is 15.6. The van der Waals surface area contributed by atoms with E-state index in [-0.39, 0.29) is 11.6 Å². The minimum Gasteiger partial charge on any atom is -0.339 e. The predicted octanol–water partition coefficient (Wildman–Crippen LogP) is 3.98. The number of hydrogen-bond donors (Lipinski definition) is 0. The van der Waals surface area contributed by atoms with Crippen LogP contribution in [0.1, 0.15) is 39.6 Å². The second-order valence-corrected chi connectivity index (χ2v) is 6.77. The molecule has 0 saturated carbocycles. The summed E-state index contributed by atoms with van der Waals surface area (Å²) in [7, 11) is 0. The number of rotatable bonds is 3. The van der Waals surface area contributed by atoms with Crippen LogP contribution in [0, 0.1) is 17.0 Å². The SMILES string of the molecule is Cc1c(C(=O)N2CCC(c3cccs3)CC2)cccc1[N+](=O)[O-]. The first-order valence-electron chi connectivity index (χ1n) is 7.64. The number of nitrogens with zero attached hydrogens (tertiary/aromatic N) is 2. The van der Waals surface area contributed by atoms with Crippen LogP contribution in [0.2, 0.25) is 0 Å². The number of carbonyl (C=O) groups is 1. The molecule has 0 spiro atoms. The Morgan fingerprint density at radius 2 is 2.00 bits per heavy atom. The number of carbonyl (C=O) groups excluding carboxylic acids is 1. The summed E-state index contributed by atoms with van der Waals surface area (Å²) >= 11 is 1.76. The lowest BCUT2D eigenvalue weighted by molar-refractivity contribution is -0.385. The summed E-state index contributed by atoms with van der Waals surface area (Å²) in [6.07, 6.45) is 1.89. The van der Waals surface area contributed by atoms with Crippen LogP contribution in [0.25, 0.3) is 0 Å². The molecule has 5 nitrogen and oxygen atoms in total. The van der Waals surface area contributed by atoms with Gasteiger partial charge in [0.1, 0.15) is 0 Å². The number of nitro groups is 1. The van der Waals surface area contributed by atoms with Gasteiger partial charge in [-0.3, -0.25) is 14.9 Å². The van der Waals surface area contributed by atoms with Crippen LogP contribution >= 0.6 is 11.3 Å². The van der Waals surface area contributed by atoms with E-state index in [1.54, 1.807) is 30.4 Å². The molecule has 2 aromatic rings. The molecular formula is C17H18N2O3S. The second kappa shape index (κ2) is 6.50. The van der Waals surface area contributed by atoms with Gasteiger partial charge >= 0.3 is 0 Å². The van der Waals surface area contributed by atoms with E-state index in [1.165, 1.54) is 10.9 Å². The largest absolute Gasteiger partial charge is 0.339 e. The Balaban J connectivity index is 1.73. The lowest BCUT2D eigenvalue weighted by atomic mass is 9.94. The summed E-state index contributed by atoms with van der Waals surface area (Å²) in [6, 6.07) is 8.91. The molecule has 1 fully saturated rings. The fraction of sp³-hybridized carbons (Fsp3) is 0.353. The van der Waals surface area contributed by atoms with Gasteiger partial charge in [0.25, 0.3) is 11.6 Å². The second-order valence-electron chi connectivity index (χ2n) is 5.79. The summed E-state index contributed by atoms with van der Waals surface area (Å²) in [6.45, 7) is 3.04. The molecule has 0 unspecified atom stereocenters. The summed E-state index contributed by atoms with van der Waals surface area (Å²) < 4.78 is 0. The predicted molar refractivity (Wildman–Crippen MR) is 90.0 cm³/mol. The standard InChI is InChI=1S/C17H18N2O3S/c1-12-14(4-2-5-15(12)19(21)22)17(20)18-9-7-13(8-10-18)16-6-3-11-23-16/h2-6,11,13H,7-10H2,1H3. The molecule has 0 radical (unpaired) electrons. The summed E-state index contributed by atoms with van der Waals surface area (Å²) in [5, 5.41) is 13.1. The Bertz CT molecular complexity index is 719. The summed E-state index contributed by atoms with van der Waals surface area (Å²) in [4.78, 5) is 26.5. The smallest absolute Gasteiger partial charge is 0.273 e. The van der Waals surface area contributed by atoms with Gasteiger partial charge in [-0.05, 0) is 43.2 Å². The molecule has 0 bridgehead atoms. The molecule has 1 aromatic carbocycles. The molecule has 0 aliphatic carbocycles. The van der Waals surface area contributed by atoms with E-state index in [9.17, 15) is 14.9 Å². The van der Waals surface area contributed by atoms with E-state index in [2.05, 4.69) is 17.5 Å². The zero-order valence-corrected chi connectivity index (χ0v) is 13.7. The van der Waals surface area contributed by atoms with E-state index < -0.39 is 4.92 Å². The highest BCUT2D eigenvalue weighted by Gasteiger charge is 2.27. The number of amides is 1. The molecule has 6 heteroatoms. The first-order valence-corrected chi connectivity index (χ1v) is 8.52. The summed E-state index contributed by atoms with van der Waals surface area (Å²) in [5.74, 6) is 0.418. The van der Waals surface area contributed by atoms with Crippen molar-refractivity contribution in [2.45, 2.75) is 25.7 Å². The number of benzene rings is 1. The van der Waals surface area contributed by atoms with Crippen molar-refractivity contribution in [1.29, 1.82) is 0 Å². The van der Waals surface area contributed by atoms with Crippen molar-refractivity contribution >= 4 is 22.9 Å². The molecule has 1 aromatic heterocycles. The Morgan fingerprint density at radius 1 is 1.26 bits per heavy atom. The number of piperidine rings is 1. The lowest BCUT2D eigenvalue weighted by Gasteiger charge is -2.32. The first-order chi connectivity index (χ1) is 11.1. The van der Waals surface area contributed by atoms with Crippen molar-refractivity contribution in [2.24, 2.45) is 0 Å². The van der Waals surface area contributed by atoms with Gasteiger partial charge in [0, 0.05) is 35.2 Å². The van der Waals surface area contributed by atoms with Gasteiger partial charge in [0.15, 0.2) is 0 Å². The fourth-order valence-corrected chi connectivity index (χ4v) is 4.01. The molecule has 0 N–H and O–H groups in total. The van der Waals surface area contributed by atoms with Gasteiger partial charge in [-0.15, -0.1) is 11.3 Å². The van der Waals surface area contributed by atoms with E-state index >= 15 is 0 Å². The van der Waals surface area contributed by atoms with E-state index in [4.69, 9.17) is 0 Å². The van der Waals surface area contributed by atoms with Crippen molar-refractivity contribution < 1.29 is 9.72 Å². The number of likely N-dealkylation sites (tertiary alicyclic amines) is 1. The maximum Gasteiger partial charge on any atom is 0.273 e. The molecule has 1 saturated heterocycles. The zero-order chi connectivity index (χ0) is 16.4. The van der Waals surface area contributed by atoms with Crippen LogP contribution < -0.4 is 0 Å². The van der Waals surface area contributed by atoms with Gasteiger partial charge in [0.2, 0.25) is 0 Å². The summed E-state index contributed by atoms with van der Waals surface area (Å²) in [5.41, 5.74) is 0.890. The van der Waals surface area contributed by atoms with Crippen molar-refractivity contribution in [3.8, 4) is 0 Å². The fourth-order valence-electron chi connectivity index (χ4n) is 3.11. The maximum absolute atomic E-state index is 12.7. The zero-order valence-electron chi connectivity index (χ0n) is 12.9. The lowest BCUT2D eigenvalue weighted by Crippen LogP contribution is -2.38. The maximum atomic E-state index is 12.7. The van der Waals surface area contributed by atoms with Crippen LogP contribution in [0.15, 0.2) is 35.7 Å². The molecule has 3 rings (SSSR count). The molecule has 120 valence electrons. The third-order valence-electron chi connectivity index (χ3n) is 4.46. The molecular weight excluding hydrogens is 312 g/mol. The van der Waals surface area contributed by atoms with Crippen molar-refractivity contribution in [1.82, 2.24) is 4.90 Å². The topological polar surface area (TPSA) is 63.5 Å². The van der Waals surface area contributed by atoms with Crippen LogP contribution in [0.5, 0.6) is 0 Å². The van der Waals surface area contributed by atoms with Gasteiger partial charge in [-0.1, -0.05) is 12.1 Å². The minimum atomic E-state index is -0.435. The Morgan fingerprint density at radius 3 is 2.61 bits per heavy atom. The Kier molecular flexibility index (Phi) is 4.43. The van der Waals surface area contributed by atoms with Crippen LogP contribution in [0.3, 0.4) is 0 Å². The van der Waals surface area contributed by atoms with Crippen LogP contribution in [-0.4, -0.2) is 28.8 Å². The number of hydrogen-bond acceptors (Lipinski definition) is 4. The van der Waals surface area contributed by atoms with Crippen LogP contribution in [0.4, 0.5) is 5.69 Å². The van der Waals surface area contributed by atoms with Gasteiger partial charge in [0.05, 0.1) is 4.92 Å². The van der Waals surface area contributed by atoms with Crippen molar-refractivity contribution in [3.05, 3.63) is 61.8 Å². The third kappa shape index (κ3) is 3.12. The molecule has 1 aliphatic heterocycles. The van der Waals surface area contributed by atoms with Gasteiger partial charge in [-0.2, -0.15) is 0 Å². The Labute approximate surface area is 138 Å². The van der Waals surface area contributed by atoms with Crippen molar-refractivity contribution in [2.75, 3.05) is 13.1 Å². The Hall–Kier alpha value is -2.21.